The minimum absolute atomic E-state index is 0.0773. The van der Waals surface area contributed by atoms with E-state index in [9.17, 15) is 13.6 Å². The Balaban J connectivity index is 1.74. The minimum atomic E-state index is -1.04. The highest BCUT2D eigenvalue weighted by Crippen LogP contribution is 2.19. The van der Waals surface area contributed by atoms with Gasteiger partial charge in [-0.25, -0.2) is 8.78 Å². The van der Waals surface area contributed by atoms with E-state index < -0.39 is 17.5 Å². The fourth-order valence-corrected chi connectivity index (χ4v) is 2.93. The van der Waals surface area contributed by atoms with Gasteiger partial charge in [0.15, 0.2) is 11.6 Å². The number of rotatable bonds is 5. The standard InChI is InChI=1S/C16H13F2N3OS/c17-13-3-2-11(8-14(13)18)16(22)19-9-15(12-4-7-23-10-12)21-6-1-5-20-21/h1-8,10,15H,9H2,(H,19,22)/t15-/m1/s1. The normalized spacial score (nSPS) is 12.1. The van der Waals surface area contributed by atoms with Crippen LogP contribution in [0, 0.1) is 11.6 Å². The molecule has 0 spiro atoms. The van der Waals surface area contributed by atoms with Gasteiger partial charge in [0.2, 0.25) is 0 Å². The highest BCUT2D eigenvalue weighted by atomic mass is 32.1. The summed E-state index contributed by atoms with van der Waals surface area (Å²) in [5.74, 6) is -2.48. The van der Waals surface area contributed by atoms with E-state index in [0.29, 0.717) is 0 Å². The number of amides is 1. The molecular weight excluding hydrogens is 320 g/mol. The zero-order valence-corrected chi connectivity index (χ0v) is 12.8. The van der Waals surface area contributed by atoms with Crippen LogP contribution in [0.3, 0.4) is 0 Å². The molecule has 1 amide bonds. The van der Waals surface area contributed by atoms with Crippen LogP contribution < -0.4 is 5.32 Å². The first-order chi connectivity index (χ1) is 11.1. The summed E-state index contributed by atoms with van der Waals surface area (Å²) in [4.78, 5) is 12.1. The fraction of sp³-hybridized carbons (Fsp3) is 0.125. The molecule has 2 heterocycles. The van der Waals surface area contributed by atoms with Crippen molar-refractivity contribution < 1.29 is 13.6 Å². The third-order valence-electron chi connectivity index (χ3n) is 3.41. The quantitative estimate of drug-likeness (QED) is 0.779. The molecule has 3 rings (SSSR count). The van der Waals surface area contributed by atoms with E-state index in [2.05, 4.69) is 10.4 Å². The largest absolute Gasteiger partial charge is 0.350 e. The Morgan fingerprint density at radius 3 is 2.83 bits per heavy atom. The van der Waals surface area contributed by atoms with Crippen LogP contribution in [0.2, 0.25) is 0 Å². The van der Waals surface area contributed by atoms with Crippen molar-refractivity contribution in [3.8, 4) is 0 Å². The Bertz CT molecular complexity index is 754. The first kappa shape index (κ1) is 15.4. The van der Waals surface area contributed by atoms with Gasteiger partial charge in [0, 0.05) is 24.5 Å². The van der Waals surface area contributed by atoms with E-state index in [0.717, 1.165) is 17.7 Å². The Morgan fingerprint density at radius 1 is 1.30 bits per heavy atom. The van der Waals surface area contributed by atoms with Gasteiger partial charge < -0.3 is 5.32 Å². The zero-order chi connectivity index (χ0) is 16.2. The van der Waals surface area contributed by atoms with E-state index in [4.69, 9.17) is 0 Å². The van der Waals surface area contributed by atoms with Crippen molar-refractivity contribution in [3.63, 3.8) is 0 Å². The SMILES string of the molecule is O=C(NC[C@H](c1ccsc1)n1cccn1)c1ccc(F)c(F)c1. The van der Waals surface area contributed by atoms with Gasteiger partial charge in [-0.3, -0.25) is 9.48 Å². The molecule has 0 fully saturated rings. The second-order valence-corrected chi connectivity index (χ2v) is 5.68. The molecule has 118 valence electrons. The summed E-state index contributed by atoms with van der Waals surface area (Å²) in [7, 11) is 0. The maximum atomic E-state index is 13.2. The molecule has 1 aromatic carbocycles. The number of carbonyl (C=O) groups excluding carboxylic acids is 1. The molecule has 23 heavy (non-hydrogen) atoms. The summed E-state index contributed by atoms with van der Waals surface area (Å²) in [5, 5.41) is 10.9. The van der Waals surface area contributed by atoms with E-state index in [-0.39, 0.29) is 18.2 Å². The number of hydrogen-bond acceptors (Lipinski definition) is 3. The lowest BCUT2D eigenvalue weighted by molar-refractivity contribution is 0.0948. The molecule has 2 aromatic heterocycles. The summed E-state index contributed by atoms with van der Waals surface area (Å²) in [5.41, 5.74) is 1.10. The number of halogens is 2. The van der Waals surface area contributed by atoms with Gasteiger partial charge in [0.25, 0.3) is 5.91 Å². The van der Waals surface area contributed by atoms with E-state index in [1.165, 1.54) is 6.07 Å². The highest BCUT2D eigenvalue weighted by molar-refractivity contribution is 7.07. The summed E-state index contributed by atoms with van der Waals surface area (Å²) >= 11 is 1.55. The average Bonchev–Trinajstić information content (AvgIpc) is 3.24. The van der Waals surface area contributed by atoms with Crippen molar-refractivity contribution in [3.05, 3.63) is 76.2 Å². The Labute approximate surface area is 135 Å². The number of nitrogens with zero attached hydrogens (tertiary/aromatic N) is 2. The van der Waals surface area contributed by atoms with Gasteiger partial charge in [-0.15, -0.1) is 0 Å². The molecule has 3 aromatic rings. The molecule has 1 atom stereocenters. The molecular formula is C16H13F2N3OS. The van der Waals surface area contributed by atoms with E-state index >= 15 is 0 Å². The Hall–Kier alpha value is -2.54. The number of aromatic nitrogens is 2. The van der Waals surface area contributed by atoms with Gasteiger partial charge in [-0.05, 0) is 46.7 Å². The van der Waals surface area contributed by atoms with Crippen LogP contribution in [0.1, 0.15) is 22.0 Å². The number of thiophene rings is 1. The van der Waals surface area contributed by atoms with Crippen molar-refractivity contribution in [1.29, 1.82) is 0 Å². The zero-order valence-electron chi connectivity index (χ0n) is 11.9. The minimum Gasteiger partial charge on any atom is -0.350 e. The molecule has 0 unspecified atom stereocenters. The molecule has 0 bridgehead atoms. The number of hydrogen-bond donors (Lipinski definition) is 1. The molecule has 0 radical (unpaired) electrons. The summed E-state index contributed by atoms with van der Waals surface area (Å²) in [6.45, 7) is 0.288. The summed E-state index contributed by atoms with van der Waals surface area (Å²) < 4.78 is 27.9. The van der Waals surface area contributed by atoms with Crippen LogP contribution in [0.15, 0.2) is 53.5 Å². The average molecular weight is 333 g/mol. The monoisotopic (exact) mass is 333 g/mol. The highest BCUT2D eigenvalue weighted by Gasteiger charge is 2.17. The van der Waals surface area contributed by atoms with Crippen LogP contribution in [0.25, 0.3) is 0 Å². The van der Waals surface area contributed by atoms with Gasteiger partial charge >= 0.3 is 0 Å². The maximum absolute atomic E-state index is 13.2. The smallest absolute Gasteiger partial charge is 0.251 e. The van der Waals surface area contributed by atoms with Crippen molar-refractivity contribution in [2.45, 2.75) is 6.04 Å². The van der Waals surface area contributed by atoms with Crippen LogP contribution in [0.5, 0.6) is 0 Å². The molecule has 0 aliphatic heterocycles. The van der Waals surface area contributed by atoms with Gasteiger partial charge in [0.1, 0.15) is 0 Å². The Morgan fingerprint density at radius 2 is 2.17 bits per heavy atom. The molecule has 0 saturated carbocycles. The maximum Gasteiger partial charge on any atom is 0.251 e. The van der Waals surface area contributed by atoms with Crippen LogP contribution in [-0.2, 0) is 0 Å². The van der Waals surface area contributed by atoms with E-state index in [1.54, 1.807) is 28.3 Å². The fourth-order valence-electron chi connectivity index (χ4n) is 2.22. The van der Waals surface area contributed by atoms with Crippen LogP contribution >= 0.6 is 11.3 Å². The van der Waals surface area contributed by atoms with Gasteiger partial charge in [-0.2, -0.15) is 16.4 Å². The lowest BCUT2D eigenvalue weighted by atomic mass is 10.1. The van der Waals surface area contributed by atoms with Crippen molar-refractivity contribution >= 4 is 17.2 Å². The third-order valence-corrected chi connectivity index (χ3v) is 4.11. The first-order valence-corrected chi connectivity index (χ1v) is 7.84. The molecule has 0 aliphatic carbocycles. The number of nitrogens with one attached hydrogen (secondary N) is 1. The summed E-state index contributed by atoms with van der Waals surface area (Å²) in [6, 6.07) is 6.68. The molecule has 0 saturated heterocycles. The number of carbonyl (C=O) groups is 1. The van der Waals surface area contributed by atoms with E-state index in [1.807, 2.05) is 23.0 Å². The van der Waals surface area contributed by atoms with Gasteiger partial charge in [0.05, 0.1) is 6.04 Å². The Kier molecular flexibility index (Phi) is 4.47. The number of benzene rings is 1. The van der Waals surface area contributed by atoms with Crippen LogP contribution in [0.4, 0.5) is 8.78 Å². The predicted octanol–water partition coefficient (Wildman–Crippen LogP) is 3.24. The van der Waals surface area contributed by atoms with Crippen molar-refractivity contribution in [2.24, 2.45) is 0 Å². The molecule has 0 aliphatic rings. The molecule has 7 heteroatoms. The van der Waals surface area contributed by atoms with Crippen molar-refractivity contribution in [1.82, 2.24) is 15.1 Å². The topological polar surface area (TPSA) is 46.9 Å². The second-order valence-electron chi connectivity index (χ2n) is 4.90. The molecule has 1 N–H and O–H groups in total. The second kappa shape index (κ2) is 6.70. The first-order valence-electron chi connectivity index (χ1n) is 6.89. The molecule has 4 nitrogen and oxygen atoms in total. The summed E-state index contributed by atoms with van der Waals surface area (Å²) in [6.07, 6.45) is 3.47. The third kappa shape index (κ3) is 3.45. The predicted molar refractivity (Wildman–Crippen MR) is 83.4 cm³/mol. The van der Waals surface area contributed by atoms with Crippen molar-refractivity contribution in [2.75, 3.05) is 6.54 Å². The van der Waals surface area contributed by atoms with Crippen LogP contribution in [-0.4, -0.2) is 22.2 Å². The lowest BCUT2D eigenvalue weighted by Gasteiger charge is -2.17. The van der Waals surface area contributed by atoms with Gasteiger partial charge in [-0.1, -0.05) is 0 Å². The lowest BCUT2D eigenvalue weighted by Crippen LogP contribution is -2.31.